The first-order chi connectivity index (χ1) is 12.2. The van der Waals surface area contributed by atoms with Crippen LogP contribution in [-0.4, -0.2) is 37.8 Å². The average Bonchev–Trinajstić information content (AvgIpc) is 2.66. The summed E-state index contributed by atoms with van der Waals surface area (Å²) in [5.74, 6) is 0.805. The van der Waals surface area contributed by atoms with Crippen molar-refractivity contribution in [2.75, 3.05) is 26.7 Å². The number of halogens is 1. The van der Waals surface area contributed by atoms with Crippen LogP contribution in [0.4, 0.5) is 0 Å². The molecule has 0 aliphatic rings. The summed E-state index contributed by atoms with van der Waals surface area (Å²) in [7, 11) is 1.75. The number of hydrogen-bond donors (Lipinski definition) is 3. The second-order valence-electron chi connectivity index (χ2n) is 5.90. The molecule has 5 heteroatoms. The third-order valence-electron chi connectivity index (χ3n) is 4.08. The molecule has 0 aromatic heterocycles. The number of aliphatic hydroxyl groups excluding tert-OH is 1. The Bertz CT molecular complexity index is 644. The normalized spacial score (nSPS) is 12.7. The number of aryl methyl sites for hydroxylation is 1. The van der Waals surface area contributed by atoms with Crippen LogP contribution in [-0.2, 0) is 6.42 Å². The zero-order valence-corrected chi connectivity index (χ0v) is 15.3. The van der Waals surface area contributed by atoms with E-state index in [-0.39, 0.29) is 12.5 Å². The van der Waals surface area contributed by atoms with Crippen LogP contribution in [0.5, 0.6) is 0 Å². The lowest BCUT2D eigenvalue weighted by Crippen LogP contribution is -2.40. The number of guanidine groups is 1. The van der Waals surface area contributed by atoms with Crippen LogP contribution < -0.4 is 10.6 Å². The van der Waals surface area contributed by atoms with Crippen LogP contribution >= 0.6 is 11.6 Å². The summed E-state index contributed by atoms with van der Waals surface area (Å²) in [6.45, 7) is 1.57. The minimum absolute atomic E-state index is 0.0498. The molecule has 0 heterocycles. The minimum Gasteiger partial charge on any atom is -0.396 e. The summed E-state index contributed by atoms with van der Waals surface area (Å²) in [4.78, 5) is 4.24. The number of aliphatic imine (C=N–C) groups is 1. The Labute approximate surface area is 155 Å². The van der Waals surface area contributed by atoms with Crippen molar-refractivity contribution in [1.29, 1.82) is 0 Å². The fourth-order valence-corrected chi connectivity index (χ4v) is 2.73. The number of rotatable bonds is 8. The van der Waals surface area contributed by atoms with Gasteiger partial charge in [-0.05, 0) is 36.1 Å². The Hall–Kier alpha value is -2.04. The van der Waals surface area contributed by atoms with Gasteiger partial charge in [-0.15, -0.1) is 0 Å². The molecule has 0 radical (unpaired) electrons. The molecule has 2 aromatic rings. The zero-order valence-electron chi connectivity index (χ0n) is 14.6. The summed E-state index contributed by atoms with van der Waals surface area (Å²) in [6.07, 6.45) is 1.99. The van der Waals surface area contributed by atoms with Crippen molar-refractivity contribution >= 4 is 17.6 Å². The summed E-state index contributed by atoms with van der Waals surface area (Å²) < 4.78 is 0. The highest BCUT2D eigenvalue weighted by Crippen LogP contribution is 2.13. The van der Waals surface area contributed by atoms with Gasteiger partial charge in [0.15, 0.2) is 5.96 Å². The van der Waals surface area contributed by atoms with Gasteiger partial charge in [0.05, 0.1) is 6.61 Å². The van der Waals surface area contributed by atoms with Crippen molar-refractivity contribution in [2.24, 2.45) is 4.99 Å². The molecular weight excluding hydrogens is 334 g/mol. The van der Waals surface area contributed by atoms with Crippen LogP contribution in [0.2, 0.25) is 5.02 Å². The van der Waals surface area contributed by atoms with Crippen LogP contribution in [0, 0.1) is 0 Å². The topological polar surface area (TPSA) is 56.7 Å². The van der Waals surface area contributed by atoms with E-state index in [4.69, 9.17) is 11.6 Å². The van der Waals surface area contributed by atoms with Crippen molar-refractivity contribution < 1.29 is 5.11 Å². The molecule has 0 spiro atoms. The highest BCUT2D eigenvalue weighted by Gasteiger charge is 2.10. The Morgan fingerprint density at radius 1 is 1.08 bits per heavy atom. The number of aliphatic hydroxyl groups is 1. The van der Waals surface area contributed by atoms with E-state index in [1.807, 2.05) is 42.5 Å². The van der Waals surface area contributed by atoms with Gasteiger partial charge < -0.3 is 15.7 Å². The smallest absolute Gasteiger partial charge is 0.190 e. The van der Waals surface area contributed by atoms with E-state index in [0.717, 1.165) is 35.9 Å². The summed E-state index contributed by atoms with van der Waals surface area (Å²) in [6, 6.07) is 18.0. The average molecular weight is 360 g/mol. The fourth-order valence-electron chi connectivity index (χ4n) is 2.60. The van der Waals surface area contributed by atoms with Gasteiger partial charge in [0.25, 0.3) is 0 Å². The van der Waals surface area contributed by atoms with Gasteiger partial charge in [0, 0.05) is 31.1 Å². The van der Waals surface area contributed by atoms with E-state index in [1.54, 1.807) is 7.05 Å². The van der Waals surface area contributed by atoms with Gasteiger partial charge in [0.2, 0.25) is 0 Å². The van der Waals surface area contributed by atoms with E-state index in [1.165, 1.54) is 5.56 Å². The highest BCUT2D eigenvalue weighted by atomic mass is 35.5. The van der Waals surface area contributed by atoms with E-state index >= 15 is 0 Å². The number of benzene rings is 2. The lowest BCUT2D eigenvalue weighted by Gasteiger charge is -2.18. The summed E-state index contributed by atoms with van der Waals surface area (Å²) >= 11 is 5.90. The first-order valence-electron chi connectivity index (χ1n) is 8.57. The van der Waals surface area contributed by atoms with Gasteiger partial charge in [0.1, 0.15) is 0 Å². The fraction of sp³-hybridized carbons (Fsp3) is 0.350. The molecule has 2 aromatic carbocycles. The molecule has 1 atom stereocenters. The first-order valence-corrected chi connectivity index (χ1v) is 8.95. The maximum atomic E-state index is 9.62. The Kier molecular flexibility index (Phi) is 8.29. The van der Waals surface area contributed by atoms with E-state index < -0.39 is 0 Å². The van der Waals surface area contributed by atoms with Crippen molar-refractivity contribution in [3.05, 3.63) is 70.7 Å². The van der Waals surface area contributed by atoms with Gasteiger partial charge in [-0.3, -0.25) is 4.99 Å². The largest absolute Gasteiger partial charge is 0.396 e. The Morgan fingerprint density at radius 2 is 1.80 bits per heavy atom. The van der Waals surface area contributed by atoms with Gasteiger partial charge in [-0.1, -0.05) is 54.1 Å². The molecule has 3 N–H and O–H groups in total. The second-order valence-corrected chi connectivity index (χ2v) is 6.34. The molecule has 25 heavy (non-hydrogen) atoms. The minimum atomic E-state index is 0.0498. The van der Waals surface area contributed by atoms with Crippen molar-refractivity contribution in [2.45, 2.75) is 18.8 Å². The number of nitrogens with one attached hydrogen (secondary N) is 2. The van der Waals surface area contributed by atoms with Crippen LogP contribution in [0.15, 0.2) is 59.6 Å². The lowest BCUT2D eigenvalue weighted by molar-refractivity contribution is 0.265. The highest BCUT2D eigenvalue weighted by molar-refractivity contribution is 6.30. The summed E-state index contributed by atoms with van der Waals surface area (Å²) in [5.41, 5.74) is 2.40. The molecule has 0 bridgehead atoms. The third kappa shape index (κ3) is 6.77. The zero-order chi connectivity index (χ0) is 17.9. The quantitative estimate of drug-likeness (QED) is 0.385. The van der Waals surface area contributed by atoms with Crippen molar-refractivity contribution in [1.82, 2.24) is 10.6 Å². The van der Waals surface area contributed by atoms with E-state index in [2.05, 4.69) is 27.8 Å². The molecule has 0 amide bonds. The van der Waals surface area contributed by atoms with Crippen LogP contribution in [0.3, 0.4) is 0 Å². The summed E-state index contributed by atoms with van der Waals surface area (Å²) in [5, 5.41) is 17.0. The molecule has 0 saturated heterocycles. The maximum Gasteiger partial charge on any atom is 0.190 e. The Morgan fingerprint density at radius 3 is 2.44 bits per heavy atom. The van der Waals surface area contributed by atoms with Crippen molar-refractivity contribution in [3.8, 4) is 0 Å². The lowest BCUT2D eigenvalue weighted by atomic mass is 10.0. The van der Waals surface area contributed by atoms with Gasteiger partial charge >= 0.3 is 0 Å². The first kappa shape index (κ1) is 19.3. The Balaban J connectivity index is 1.72. The molecule has 4 nitrogen and oxygen atoms in total. The molecule has 0 aliphatic heterocycles. The van der Waals surface area contributed by atoms with Crippen LogP contribution in [0.25, 0.3) is 0 Å². The standard InChI is InChI=1S/C20H26ClN3O/c1-22-20(23-13-5-6-16-9-11-19(21)12-10-16)24-14-18(15-25)17-7-3-2-4-8-17/h2-4,7-12,18,25H,5-6,13-15H2,1H3,(H2,22,23,24). The van der Waals surface area contributed by atoms with Gasteiger partial charge in [-0.2, -0.15) is 0 Å². The molecular formula is C20H26ClN3O. The van der Waals surface area contributed by atoms with Crippen LogP contribution in [0.1, 0.15) is 23.5 Å². The molecule has 0 aliphatic carbocycles. The molecule has 2 rings (SSSR count). The SMILES string of the molecule is CN=C(NCCCc1ccc(Cl)cc1)NCC(CO)c1ccccc1. The second kappa shape index (κ2) is 10.7. The maximum absolute atomic E-state index is 9.62. The third-order valence-corrected chi connectivity index (χ3v) is 4.33. The predicted molar refractivity (Wildman–Crippen MR) is 105 cm³/mol. The predicted octanol–water partition coefficient (Wildman–Crippen LogP) is 3.21. The molecule has 0 saturated carbocycles. The van der Waals surface area contributed by atoms with Crippen molar-refractivity contribution in [3.63, 3.8) is 0 Å². The van der Waals surface area contributed by atoms with E-state index in [9.17, 15) is 5.11 Å². The molecule has 134 valence electrons. The molecule has 0 fully saturated rings. The number of hydrogen-bond acceptors (Lipinski definition) is 2. The monoisotopic (exact) mass is 359 g/mol. The van der Waals surface area contributed by atoms with E-state index in [0.29, 0.717) is 6.54 Å². The van der Waals surface area contributed by atoms with Gasteiger partial charge in [-0.25, -0.2) is 0 Å². The number of nitrogens with zero attached hydrogens (tertiary/aromatic N) is 1. The molecule has 1 unspecified atom stereocenters.